The Morgan fingerprint density at radius 2 is 1.38 bits per heavy atom. The van der Waals surface area contributed by atoms with Gasteiger partial charge in [-0.25, -0.2) is 13.6 Å². The van der Waals surface area contributed by atoms with E-state index in [4.69, 9.17) is 5.11 Å². The first kappa shape index (κ1) is 14.6. The van der Waals surface area contributed by atoms with Crippen molar-refractivity contribution in [3.05, 3.63) is 33.9 Å². The summed E-state index contributed by atoms with van der Waals surface area (Å²) >= 11 is 0. The number of hydrogen-bond acceptors (Lipinski definition) is 1. The van der Waals surface area contributed by atoms with E-state index in [1.54, 1.807) is 0 Å². The van der Waals surface area contributed by atoms with Crippen LogP contribution in [-0.2, 0) is 0 Å². The van der Waals surface area contributed by atoms with E-state index in [0.29, 0.717) is 0 Å². The van der Waals surface area contributed by atoms with Crippen molar-refractivity contribution in [2.75, 3.05) is 0 Å². The molecule has 0 aliphatic carbocycles. The predicted octanol–water partition coefficient (Wildman–Crippen LogP) is 3.61. The van der Waals surface area contributed by atoms with E-state index in [1.807, 2.05) is 13.8 Å². The van der Waals surface area contributed by atoms with E-state index in [9.17, 15) is 13.6 Å². The second-order valence-electron chi connectivity index (χ2n) is 3.18. The third kappa shape index (κ3) is 2.38. The summed E-state index contributed by atoms with van der Waals surface area (Å²) in [7, 11) is 0. The summed E-state index contributed by atoms with van der Waals surface area (Å²) in [6.45, 7) is 8.05. The van der Waals surface area contributed by atoms with Crippen molar-refractivity contribution in [2.45, 2.75) is 34.6 Å². The van der Waals surface area contributed by atoms with E-state index in [0.717, 1.165) is 0 Å². The minimum absolute atomic E-state index is 0.137. The molecule has 0 spiro atoms. The number of rotatable bonds is 1. The van der Waals surface area contributed by atoms with Crippen LogP contribution in [0.5, 0.6) is 0 Å². The van der Waals surface area contributed by atoms with Crippen molar-refractivity contribution in [2.24, 2.45) is 0 Å². The fraction of sp³-hybridized carbons (Fsp3) is 0.417. The van der Waals surface area contributed by atoms with Crippen molar-refractivity contribution in [1.29, 1.82) is 0 Å². The van der Waals surface area contributed by atoms with Crippen molar-refractivity contribution >= 4 is 5.97 Å². The quantitative estimate of drug-likeness (QED) is 0.800. The summed E-state index contributed by atoms with van der Waals surface area (Å²) < 4.78 is 26.6. The standard InChI is InChI=1S/C10H10F2O2.C2H6/c1-4-5(2)8(11)6(3)9(12)7(4)10(13)14;1-2/h1-3H3,(H,13,14);1-2H3. The van der Waals surface area contributed by atoms with Gasteiger partial charge in [0.15, 0.2) is 0 Å². The van der Waals surface area contributed by atoms with E-state index in [-0.39, 0.29) is 16.7 Å². The van der Waals surface area contributed by atoms with Crippen LogP contribution in [0, 0.1) is 32.4 Å². The zero-order valence-corrected chi connectivity index (χ0v) is 10.1. The van der Waals surface area contributed by atoms with Crippen molar-refractivity contribution in [1.82, 2.24) is 0 Å². The van der Waals surface area contributed by atoms with Gasteiger partial charge in [-0.2, -0.15) is 0 Å². The van der Waals surface area contributed by atoms with Crippen LogP contribution in [0.1, 0.15) is 40.9 Å². The molecule has 16 heavy (non-hydrogen) atoms. The molecule has 0 radical (unpaired) electrons. The molecule has 90 valence electrons. The Labute approximate surface area is 93.9 Å². The highest BCUT2D eigenvalue weighted by Crippen LogP contribution is 2.24. The Morgan fingerprint density at radius 3 is 1.75 bits per heavy atom. The Morgan fingerprint density at radius 1 is 0.938 bits per heavy atom. The average Bonchev–Trinajstić information content (AvgIpc) is 2.26. The maximum Gasteiger partial charge on any atom is 0.338 e. The number of carboxylic acids is 1. The maximum absolute atomic E-state index is 13.3. The number of benzene rings is 1. The monoisotopic (exact) mass is 230 g/mol. The highest BCUT2D eigenvalue weighted by molar-refractivity contribution is 5.90. The molecule has 0 saturated heterocycles. The van der Waals surface area contributed by atoms with E-state index in [2.05, 4.69) is 0 Å². The van der Waals surface area contributed by atoms with Crippen LogP contribution in [0.15, 0.2) is 0 Å². The lowest BCUT2D eigenvalue weighted by Crippen LogP contribution is -2.09. The lowest BCUT2D eigenvalue weighted by molar-refractivity contribution is 0.0690. The normalized spacial score (nSPS) is 9.44. The third-order valence-electron chi connectivity index (χ3n) is 2.36. The van der Waals surface area contributed by atoms with Crippen LogP contribution in [0.3, 0.4) is 0 Å². The van der Waals surface area contributed by atoms with E-state index in [1.165, 1.54) is 20.8 Å². The zero-order valence-electron chi connectivity index (χ0n) is 10.1. The number of hydrogen-bond donors (Lipinski definition) is 1. The molecule has 0 aliphatic rings. The molecule has 1 aromatic rings. The van der Waals surface area contributed by atoms with Gasteiger partial charge in [0, 0.05) is 5.56 Å². The van der Waals surface area contributed by atoms with Crippen LogP contribution < -0.4 is 0 Å². The number of carbonyl (C=O) groups is 1. The van der Waals surface area contributed by atoms with Crippen LogP contribution >= 0.6 is 0 Å². The third-order valence-corrected chi connectivity index (χ3v) is 2.36. The van der Waals surface area contributed by atoms with Crippen LogP contribution in [0.2, 0.25) is 0 Å². The largest absolute Gasteiger partial charge is 0.478 e. The number of aromatic carboxylic acids is 1. The molecule has 4 heteroatoms. The fourth-order valence-corrected chi connectivity index (χ4v) is 1.34. The summed E-state index contributed by atoms with van der Waals surface area (Å²) in [5, 5.41) is 8.72. The molecule has 0 unspecified atom stereocenters. The Balaban J connectivity index is 0.00000106. The van der Waals surface area contributed by atoms with Gasteiger partial charge in [-0.3, -0.25) is 0 Å². The molecule has 0 fully saturated rings. The molecule has 0 aromatic heterocycles. The topological polar surface area (TPSA) is 37.3 Å². The summed E-state index contributed by atoms with van der Waals surface area (Å²) in [6.07, 6.45) is 0. The van der Waals surface area contributed by atoms with E-state index >= 15 is 0 Å². The van der Waals surface area contributed by atoms with Gasteiger partial charge in [-0.05, 0) is 31.9 Å². The smallest absolute Gasteiger partial charge is 0.338 e. The predicted molar refractivity (Wildman–Crippen MR) is 58.9 cm³/mol. The SMILES string of the molecule is CC.Cc1c(C)c(C(=O)O)c(F)c(C)c1F. The molecule has 0 bridgehead atoms. The molecular weight excluding hydrogens is 214 g/mol. The second-order valence-corrected chi connectivity index (χ2v) is 3.18. The second kappa shape index (κ2) is 5.58. The zero-order chi connectivity index (χ0) is 13.0. The molecule has 0 amide bonds. The fourth-order valence-electron chi connectivity index (χ4n) is 1.34. The summed E-state index contributed by atoms with van der Waals surface area (Å²) in [6, 6.07) is 0. The van der Waals surface area contributed by atoms with Crippen molar-refractivity contribution in [3.8, 4) is 0 Å². The Hall–Kier alpha value is -1.45. The van der Waals surface area contributed by atoms with Crippen LogP contribution in [0.25, 0.3) is 0 Å². The summed E-state index contributed by atoms with van der Waals surface area (Å²) in [5.74, 6) is -3.03. The summed E-state index contributed by atoms with van der Waals surface area (Å²) in [4.78, 5) is 10.7. The number of halogens is 2. The lowest BCUT2D eigenvalue weighted by Gasteiger charge is -2.10. The van der Waals surface area contributed by atoms with E-state index < -0.39 is 23.2 Å². The molecule has 1 rings (SSSR count). The van der Waals surface area contributed by atoms with Gasteiger partial charge in [0.1, 0.15) is 11.6 Å². The first-order valence-electron chi connectivity index (χ1n) is 5.06. The van der Waals surface area contributed by atoms with Gasteiger partial charge >= 0.3 is 5.97 Å². The van der Waals surface area contributed by atoms with Crippen molar-refractivity contribution < 1.29 is 18.7 Å². The highest BCUT2D eigenvalue weighted by Gasteiger charge is 2.21. The average molecular weight is 230 g/mol. The molecule has 1 N–H and O–H groups in total. The molecule has 1 aromatic carbocycles. The molecule has 0 aliphatic heterocycles. The first-order chi connectivity index (χ1) is 7.37. The lowest BCUT2D eigenvalue weighted by atomic mass is 9.98. The molecule has 2 nitrogen and oxygen atoms in total. The van der Waals surface area contributed by atoms with Gasteiger partial charge in [0.05, 0.1) is 5.56 Å². The van der Waals surface area contributed by atoms with Crippen LogP contribution in [-0.4, -0.2) is 11.1 Å². The highest BCUT2D eigenvalue weighted by atomic mass is 19.1. The van der Waals surface area contributed by atoms with Gasteiger partial charge in [-0.15, -0.1) is 0 Å². The minimum atomic E-state index is -1.37. The molecular formula is C12H16F2O2. The number of carboxylic acid groups (broad SMARTS) is 1. The van der Waals surface area contributed by atoms with Crippen molar-refractivity contribution in [3.63, 3.8) is 0 Å². The molecule has 0 saturated carbocycles. The first-order valence-corrected chi connectivity index (χ1v) is 5.06. The summed E-state index contributed by atoms with van der Waals surface area (Å²) in [5.41, 5.74) is -0.369. The van der Waals surface area contributed by atoms with Gasteiger partial charge in [0.2, 0.25) is 0 Å². The molecule has 0 heterocycles. The van der Waals surface area contributed by atoms with Gasteiger partial charge < -0.3 is 5.11 Å². The maximum atomic E-state index is 13.3. The Bertz CT molecular complexity index is 383. The molecule has 0 atom stereocenters. The Kier molecular flexibility index (Phi) is 5.08. The van der Waals surface area contributed by atoms with Gasteiger partial charge in [0.25, 0.3) is 0 Å². The van der Waals surface area contributed by atoms with Crippen LogP contribution in [0.4, 0.5) is 8.78 Å². The van der Waals surface area contributed by atoms with Gasteiger partial charge in [-0.1, -0.05) is 13.8 Å². The minimum Gasteiger partial charge on any atom is -0.478 e.